The number of carbonyl (C=O) groups excluding carboxylic acids is 2. The van der Waals surface area contributed by atoms with Gasteiger partial charge in [-0.05, 0) is 43.0 Å². The van der Waals surface area contributed by atoms with Crippen LogP contribution in [0.1, 0.15) is 33.6 Å². The summed E-state index contributed by atoms with van der Waals surface area (Å²) in [5, 5.41) is 2.93. The largest absolute Gasteiger partial charge is 0.573 e. The molecule has 2 fully saturated rings. The van der Waals surface area contributed by atoms with Crippen molar-refractivity contribution in [2.45, 2.75) is 31.3 Å². The maximum absolute atomic E-state index is 13.0. The van der Waals surface area contributed by atoms with Crippen LogP contribution in [-0.4, -0.2) is 46.7 Å². The summed E-state index contributed by atoms with van der Waals surface area (Å²) < 4.78 is 42.1. The highest BCUT2D eigenvalue weighted by Gasteiger charge is 2.48. The Bertz CT molecular complexity index is 920. The molecular formula is C20H18F3N3O3. The number of para-hydroxylation sites is 1. The fraction of sp³-hybridized carbons (Fsp3) is 0.350. The average Bonchev–Trinajstić information content (AvgIpc) is 3.28. The number of aromatic nitrogens is 1. The number of alkyl halides is 3. The first-order valence-electron chi connectivity index (χ1n) is 9.18. The molecule has 9 heteroatoms. The van der Waals surface area contributed by atoms with Crippen LogP contribution < -0.4 is 10.1 Å². The molecule has 1 aromatic heterocycles. The number of amides is 2. The van der Waals surface area contributed by atoms with Crippen LogP contribution in [0.3, 0.4) is 0 Å². The minimum atomic E-state index is -4.89. The van der Waals surface area contributed by atoms with Gasteiger partial charge < -0.3 is 15.0 Å². The number of likely N-dealkylation sites (tertiary alicyclic amines) is 1. The number of benzene rings is 1. The third-order valence-electron chi connectivity index (χ3n) is 5.33. The number of hydrogen-bond donors (Lipinski definition) is 1. The molecule has 1 saturated heterocycles. The molecule has 29 heavy (non-hydrogen) atoms. The first kappa shape index (κ1) is 19.2. The molecule has 0 radical (unpaired) electrons. The van der Waals surface area contributed by atoms with Crippen LogP contribution in [0, 0.1) is 5.92 Å². The number of fused-ring (bicyclic) bond motifs is 2. The highest BCUT2D eigenvalue weighted by atomic mass is 19.4. The summed E-state index contributed by atoms with van der Waals surface area (Å²) >= 11 is 0. The second-order valence-electron chi connectivity index (χ2n) is 7.23. The highest BCUT2D eigenvalue weighted by molar-refractivity contribution is 5.98. The number of rotatable bonds is 4. The van der Waals surface area contributed by atoms with E-state index in [0.717, 1.165) is 12.5 Å². The lowest BCUT2D eigenvalue weighted by atomic mass is 10.0. The summed E-state index contributed by atoms with van der Waals surface area (Å²) in [6.07, 6.45) is -0.445. The maximum Gasteiger partial charge on any atom is 0.573 e. The van der Waals surface area contributed by atoms with E-state index in [1.807, 2.05) is 0 Å². The van der Waals surface area contributed by atoms with Gasteiger partial charge in [-0.1, -0.05) is 12.1 Å². The van der Waals surface area contributed by atoms with Crippen molar-refractivity contribution < 1.29 is 27.5 Å². The highest BCUT2D eigenvalue weighted by Crippen LogP contribution is 2.39. The summed E-state index contributed by atoms with van der Waals surface area (Å²) in [6, 6.07) is 8.08. The van der Waals surface area contributed by atoms with Gasteiger partial charge in [-0.25, -0.2) is 0 Å². The number of pyridine rings is 1. The van der Waals surface area contributed by atoms with Crippen LogP contribution in [0.25, 0.3) is 0 Å². The van der Waals surface area contributed by atoms with Crippen LogP contribution in [0.4, 0.5) is 13.2 Å². The molecule has 1 aliphatic heterocycles. The Morgan fingerprint density at radius 2 is 1.93 bits per heavy atom. The minimum Gasteiger partial charge on any atom is -0.405 e. The zero-order chi connectivity index (χ0) is 20.6. The number of nitrogens with one attached hydrogen (secondary N) is 1. The van der Waals surface area contributed by atoms with Crippen LogP contribution >= 0.6 is 0 Å². The van der Waals surface area contributed by atoms with Crippen molar-refractivity contribution in [2.75, 3.05) is 6.54 Å². The summed E-state index contributed by atoms with van der Waals surface area (Å²) in [6.45, 7) is 0.448. The van der Waals surface area contributed by atoms with Crippen LogP contribution in [-0.2, 0) is 0 Å². The van der Waals surface area contributed by atoms with E-state index >= 15 is 0 Å². The molecule has 4 rings (SSSR count). The molecule has 2 aromatic rings. The second-order valence-corrected chi connectivity index (χ2v) is 7.23. The predicted molar refractivity (Wildman–Crippen MR) is 96.2 cm³/mol. The van der Waals surface area contributed by atoms with E-state index in [0.29, 0.717) is 18.5 Å². The lowest BCUT2D eigenvalue weighted by Gasteiger charge is -2.34. The van der Waals surface area contributed by atoms with Gasteiger partial charge in [0.15, 0.2) is 0 Å². The van der Waals surface area contributed by atoms with E-state index < -0.39 is 18.0 Å². The van der Waals surface area contributed by atoms with Crippen molar-refractivity contribution in [1.29, 1.82) is 0 Å². The summed E-state index contributed by atoms with van der Waals surface area (Å²) in [5.74, 6) is -1.15. The van der Waals surface area contributed by atoms with E-state index in [1.165, 1.54) is 24.4 Å². The molecule has 6 nitrogen and oxygen atoms in total. The van der Waals surface area contributed by atoms with Crippen LogP contribution in [0.2, 0.25) is 0 Å². The summed E-state index contributed by atoms with van der Waals surface area (Å²) in [7, 11) is 0. The Kier molecular flexibility index (Phi) is 4.89. The van der Waals surface area contributed by atoms with Crippen LogP contribution in [0.15, 0.2) is 48.8 Å². The van der Waals surface area contributed by atoms with Gasteiger partial charge in [0.2, 0.25) is 0 Å². The Morgan fingerprint density at radius 1 is 1.14 bits per heavy atom. The lowest BCUT2D eigenvalue weighted by Crippen LogP contribution is -2.52. The monoisotopic (exact) mass is 405 g/mol. The van der Waals surface area contributed by atoms with Crippen molar-refractivity contribution in [3.8, 4) is 5.75 Å². The summed E-state index contributed by atoms with van der Waals surface area (Å²) in [5.41, 5.74) is 0.270. The normalized spacial score (nSPS) is 23.1. The third-order valence-corrected chi connectivity index (χ3v) is 5.33. The molecule has 0 unspecified atom stereocenters. The quantitative estimate of drug-likeness (QED) is 0.849. The molecular weight excluding hydrogens is 387 g/mol. The number of carbonyl (C=O) groups is 2. The van der Waals surface area contributed by atoms with Crippen LogP contribution in [0.5, 0.6) is 5.75 Å². The third kappa shape index (κ3) is 4.03. The number of hydrogen-bond acceptors (Lipinski definition) is 4. The summed E-state index contributed by atoms with van der Waals surface area (Å²) in [4.78, 5) is 30.9. The van der Waals surface area contributed by atoms with Crippen molar-refractivity contribution in [1.82, 2.24) is 15.2 Å². The lowest BCUT2D eigenvalue weighted by molar-refractivity contribution is -0.274. The van der Waals surface area contributed by atoms with Crippen molar-refractivity contribution in [3.63, 3.8) is 0 Å². The molecule has 1 aliphatic carbocycles. The maximum atomic E-state index is 13.0. The fourth-order valence-electron chi connectivity index (χ4n) is 4.17. The number of ether oxygens (including phenoxy) is 1. The minimum absolute atomic E-state index is 0.144. The molecule has 2 aliphatic rings. The van der Waals surface area contributed by atoms with Gasteiger partial charge in [0.05, 0.1) is 17.2 Å². The Morgan fingerprint density at radius 3 is 2.62 bits per heavy atom. The zero-order valence-electron chi connectivity index (χ0n) is 15.2. The molecule has 3 atom stereocenters. The average molecular weight is 405 g/mol. The molecule has 1 aromatic carbocycles. The van der Waals surface area contributed by atoms with Gasteiger partial charge in [0.25, 0.3) is 11.8 Å². The van der Waals surface area contributed by atoms with E-state index in [4.69, 9.17) is 0 Å². The van der Waals surface area contributed by atoms with Gasteiger partial charge in [-0.2, -0.15) is 0 Å². The fourth-order valence-corrected chi connectivity index (χ4v) is 4.17. The Hall–Kier alpha value is -3.10. The standard InChI is InChI=1S/C20H18F3N3O3/c21-20(22,23)29-17-6-2-1-5-14(17)19(28)26-11-12-8-15(16(26)9-12)25-18(27)13-4-3-7-24-10-13/h1-7,10,12,15-16H,8-9,11H2,(H,25,27)/t12-,15+,16-/m1/s1. The van der Waals surface area contributed by atoms with E-state index in [2.05, 4.69) is 15.0 Å². The Labute approximate surface area is 164 Å². The van der Waals surface area contributed by atoms with Crippen molar-refractivity contribution in [3.05, 3.63) is 59.9 Å². The Balaban J connectivity index is 1.51. The number of piperidine rings is 1. The molecule has 0 spiro atoms. The first-order chi connectivity index (χ1) is 13.8. The molecule has 1 saturated carbocycles. The second kappa shape index (κ2) is 7.38. The van der Waals surface area contributed by atoms with Gasteiger partial charge in [0.1, 0.15) is 5.75 Å². The molecule has 2 bridgehead atoms. The molecule has 1 N–H and O–H groups in total. The zero-order valence-corrected chi connectivity index (χ0v) is 15.2. The van der Waals surface area contributed by atoms with E-state index in [-0.39, 0.29) is 29.5 Å². The number of nitrogens with zero attached hydrogens (tertiary/aromatic N) is 2. The smallest absolute Gasteiger partial charge is 0.405 e. The van der Waals surface area contributed by atoms with Gasteiger partial charge in [0, 0.05) is 25.0 Å². The van der Waals surface area contributed by atoms with E-state index in [9.17, 15) is 22.8 Å². The predicted octanol–water partition coefficient (Wildman–Crippen LogP) is 3.01. The molecule has 2 heterocycles. The van der Waals surface area contributed by atoms with Gasteiger partial charge in [-0.3, -0.25) is 14.6 Å². The molecule has 152 valence electrons. The van der Waals surface area contributed by atoms with E-state index in [1.54, 1.807) is 23.2 Å². The topological polar surface area (TPSA) is 71.5 Å². The molecule has 2 amide bonds. The van der Waals surface area contributed by atoms with Crippen molar-refractivity contribution in [2.24, 2.45) is 5.92 Å². The van der Waals surface area contributed by atoms with Crippen molar-refractivity contribution >= 4 is 11.8 Å². The van der Waals surface area contributed by atoms with Gasteiger partial charge in [-0.15, -0.1) is 13.2 Å². The first-order valence-corrected chi connectivity index (χ1v) is 9.18. The SMILES string of the molecule is O=C(N[C@H]1C[C@@H]2C[C@H]1N(C(=O)c1ccccc1OC(F)(F)F)C2)c1cccnc1. The van der Waals surface area contributed by atoms with Gasteiger partial charge >= 0.3 is 6.36 Å². The number of halogens is 3.